The van der Waals surface area contributed by atoms with E-state index in [2.05, 4.69) is 5.32 Å². The van der Waals surface area contributed by atoms with Crippen LogP contribution in [0.25, 0.3) is 0 Å². The van der Waals surface area contributed by atoms with Crippen molar-refractivity contribution in [3.63, 3.8) is 0 Å². The van der Waals surface area contributed by atoms with E-state index >= 15 is 0 Å². The van der Waals surface area contributed by atoms with E-state index in [9.17, 15) is 0 Å². The molecular weight excluding hydrogens is 90.1 g/mol. The lowest BCUT2D eigenvalue weighted by Gasteiger charge is -2.08. The van der Waals surface area contributed by atoms with Gasteiger partial charge in [0.1, 0.15) is 0 Å². The van der Waals surface area contributed by atoms with Gasteiger partial charge in [0.05, 0.1) is 13.0 Å². The first-order valence-electron chi connectivity index (χ1n) is 2.16. The van der Waals surface area contributed by atoms with Crippen LogP contribution in [0.5, 0.6) is 0 Å². The summed E-state index contributed by atoms with van der Waals surface area (Å²) in [6, 6.07) is 0. The largest absolute Gasteiger partial charge is 0.353 e. The van der Waals surface area contributed by atoms with Crippen LogP contribution in [-0.2, 0) is 0 Å². The second-order valence-electron chi connectivity index (χ2n) is 1.40. The lowest BCUT2D eigenvalue weighted by Crippen LogP contribution is -2.26. The van der Waals surface area contributed by atoms with Gasteiger partial charge in [0.25, 0.3) is 0 Å². The third-order valence-corrected chi connectivity index (χ3v) is 0.628. The molecule has 7 heavy (non-hydrogen) atoms. The van der Waals surface area contributed by atoms with Crippen molar-refractivity contribution < 1.29 is 0 Å². The Kier molecular flexibility index (Phi) is 3.32. The number of rotatable bonds is 3. The normalized spacial score (nSPS) is 8.29. The zero-order valence-corrected chi connectivity index (χ0v) is 4.73. The maximum atomic E-state index is 6.67. The van der Waals surface area contributed by atoms with Crippen LogP contribution < -0.4 is 5.32 Å². The average molecular weight is 101 g/mol. The summed E-state index contributed by atoms with van der Waals surface area (Å²) in [6.45, 7) is 0.740. The molecule has 0 aromatic heterocycles. The third kappa shape index (κ3) is 3.26. The van der Waals surface area contributed by atoms with Crippen molar-refractivity contribution in [2.75, 3.05) is 20.8 Å². The molecule has 0 aromatic rings. The summed E-state index contributed by atoms with van der Waals surface area (Å²) >= 11 is 0. The van der Waals surface area contributed by atoms with Crippen LogP contribution in [0.4, 0.5) is 0 Å². The number of nitrogens with zero attached hydrogens (tertiary/aromatic N) is 1. The van der Waals surface area contributed by atoms with Gasteiger partial charge in [-0.05, 0) is 7.05 Å². The van der Waals surface area contributed by atoms with Gasteiger partial charge < -0.3 is 10.2 Å². The Hall–Kier alpha value is -0.570. The Balaban J connectivity index is 2.98. The van der Waals surface area contributed by atoms with E-state index < -0.39 is 0 Å². The van der Waals surface area contributed by atoms with E-state index in [0.717, 1.165) is 6.67 Å². The molecule has 0 rings (SSSR count). The summed E-state index contributed by atoms with van der Waals surface area (Å²) in [5.41, 5.74) is 0. The highest BCUT2D eigenvalue weighted by Gasteiger charge is 1.80. The molecule has 0 aliphatic heterocycles. The van der Waals surface area contributed by atoms with Gasteiger partial charge in [-0.15, -0.1) is 0 Å². The molecule has 0 amide bonds. The minimum absolute atomic E-state index is 0.740. The van der Waals surface area contributed by atoms with Crippen LogP contribution in [0.3, 0.4) is 0 Å². The number of hydrogen-bond acceptors (Lipinski definition) is 2. The zero-order valence-electron chi connectivity index (χ0n) is 4.73. The SMILES string of the molecule is CNCN(C)C=N. The summed E-state index contributed by atoms with van der Waals surface area (Å²) in [6.07, 6.45) is 1.27. The highest BCUT2D eigenvalue weighted by molar-refractivity contribution is 5.49. The van der Waals surface area contributed by atoms with E-state index in [1.807, 2.05) is 14.1 Å². The van der Waals surface area contributed by atoms with Crippen LogP contribution in [-0.4, -0.2) is 32.0 Å². The minimum Gasteiger partial charge on any atom is -0.353 e. The predicted molar refractivity (Wildman–Crippen MR) is 30.5 cm³/mol. The highest BCUT2D eigenvalue weighted by atomic mass is 15.2. The maximum absolute atomic E-state index is 6.67. The summed E-state index contributed by atoms with van der Waals surface area (Å²) in [4.78, 5) is 1.74. The van der Waals surface area contributed by atoms with E-state index in [1.165, 1.54) is 6.34 Å². The average Bonchev–Trinajstić information content (AvgIpc) is 1.68. The Morgan fingerprint density at radius 3 is 2.57 bits per heavy atom. The number of hydrogen-bond donors (Lipinski definition) is 2. The van der Waals surface area contributed by atoms with Gasteiger partial charge in [-0.2, -0.15) is 0 Å². The summed E-state index contributed by atoms with van der Waals surface area (Å²) in [7, 11) is 3.68. The maximum Gasteiger partial charge on any atom is 0.0825 e. The van der Waals surface area contributed by atoms with E-state index in [0.29, 0.717) is 0 Å². The molecule has 2 N–H and O–H groups in total. The summed E-state index contributed by atoms with van der Waals surface area (Å²) in [5.74, 6) is 0. The van der Waals surface area contributed by atoms with Gasteiger partial charge in [0.2, 0.25) is 0 Å². The summed E-state index contributed by atoms with van der Waals surface area (Å²) < 4.78 is 0. The minimum atomic E-state index is 0.740. The lowest BCUT2D eigenvalue weighted by molar-refractivity contribution is 0.480. The second kappa shape index (κ2) is 3.61. The molecule has 0 saturated heterocycles. The van der Waals surface area contributed by atoms with Crippen LogP contribution in [0.2, 0.25) is 0 Å². The fraction of sp³-hybridized carbons (Fsp3) is 0.750. The fourth-order valence-corrected chi connectivity index (χ4v) is 0.295. The van der Waals surface area contributed by atoms with Crippen LogP contribution in [0.15, 0.2) is 0 Å². The third-order valence-electron chi connectivity index (χ3n) is 0.628. The molecule has 0 aromatic carbocycles. The Morgan fingerprint density at radius 1 is 1.86 bits per heavy atom. The van der Waals surface area contributed by atoms with Crippen LogP contribution in [0.1, 0.15) is 0 Å². The standard InChI is InChI=1S/C4H11N3/c1-6-4-7(2)3-5/h3,5-6H,4H2,1-2H3. The molecule has 3 heteroatoms. The molecular formula is C4H11N3. The van der Waals surface area contributed by atoms with Gasteiger partial charge in [0.15, 0.2) is 0 Å². The molecule has 0 fully saturated rings. The van der Waals surface area contributed by atoms with Crippen molar-refractivity contribution >= 4 is 6.34 Å². The van der Waals surface area contributed by atoms with Gasteiger partial charge in [-0.1, -0.05) is 0 Å². The first-order chi connectivity index (χ1) is 3.31. The summed E-state index contributed by atoms with van der Waals surface area (Å²) in [5, 5.41) is 9.57. The first-order valence-corrected chi connectivity index (χ1v) is 2.16. The molecule has 0 aliphatic carbocycles. The zero-order chi connectivity index (χ0) is 5.70. The van der Waals surface area contributed by atoms with E-state index in [4.69, 9.17) is 5.41 Å². The predicted octanol–water partition coefficient (Wildman–Crippen LogP) is -0.298. The van der Waals surface area contributed by atoms with Crippen molar-refractivity contribution in [2.24, 2.45) is 0 Å². The fourth-order valence-electron chi connectivity index (χ4n) is 0.295. The van der Waals surface area contributed by atoms with Gasteiger partial charge in [0, 0.05) is 7.05 Å². The number of nitrogens with one attached hydrogen (secondary N) is 2. The van der Waals surface area contributed by atoms with E-state index in [1.54, 1.807) is 4.90 Å². The Morgan fingerprint density at radius 2 is 2.43 bits per heavy atom. The smallest absolute Gasteiger partial charge is 0.0825 e. The van der Waals surface area contributed by atoms with Gasteiger partial charge >= 0.3 is 0 Å². The molecule has 0 spiro atoms. The van der Waals surface area contributed by atoms with Crippen molar-refractivity contribution in [2.45, 2.75) is 0 Å². The lowest BCUT2D eigenvalue weighted by atomic mass is 10.8. The second-order valence-corrected chi connectivity index (χ2v) is 1.40. The van der Waals surface area contributed by atoms with Crippen molar-refractivity contribution in [3.05, 3.63) is 0 Å². The Bertz CT molecular complexity index is 52.9. The monoisotopic (exact) mass is 101 g/mol. The van der Waals surface area contributed by atoms with Crippen molar-refractivity contribution in [1.82, 2.24) is 10.2 Å². The quantitative estimate of drug-likeness (QED) is 0.291. The molecule has 0 unspecified atom stereocenters. The molecule has 3 nitrogen and oxygen atoms in total. The molecule has 42 valence electrons. The van der Waals surface area contributed by atoms with E-state index in [-0.39, 0.29) is 0 Å². The molecule has 0 bridgehead atoms. The van der Waals surface area contributed by atoms with Gasteiger partial charge in [-0.3, -0.25) is 5.41 Å². The molecule has 0 atom stereocenters. The molecule has 0 saturated carbocycles. The molecule has 0 heterocycles. The highest BCUT2D eigenvalue weighted by Crippen LogP contribution is 1.64. The topological polar surface area (TPSA) is 39.1 Å². The molecule has 0 radical (unpaired) electrons. The first kappa shape index (κ1) is 6.43. The van der Waals surface area contributed by atoms with Crippen LogP contribution >= 0.6 is 0 Å². The Labute approximate surface area is 43.8 Å². The molecule has 0 aliphatic rings. The van der Waals surface area contributed by atoms with Crippen molar-refractivity contribution in [1.29, 1.82) is 5.41 Å². The van der Waals surface area contributed by atoms with Crippen molar-refractivity contribution in [3.8, 4) is 0 Å². The van der Waals surface area contributed by atoms with Crippen LogP contribution in [0, 0.1) is 5.41 Å². The van der Waals surface area contributed by atoms with Gasteiger partial charge in [-0.25, -0.2) is 0 Å².